The van der Waals surface area contributed by atoms with Crippen LogP contribution >= 0.6 is 0 Å². The number of aromatic amines is 1. The van der Waals surface area contributed by atoms with Gasteiger partial charge in [0.1, 0.15) is 5.56 Å². The van der Waals surface area contributed by atoms with Gasteiger partial charge in [-0.3, -0.25) is 14.6 Å². The van der Waals surface area contributed by atoms with E-state index in [9.17, 15) is 9.59 Å². The van der Waals surface area contributed by atoms with Gasteiger partial charge in [0.2, 0.25) is 0 Å². The van der Waals surface area contributed by atoms with Crippen LogP contribution in [0.5, 0.6) is 0 Å². The van der Waals surface area contributed by atoms with E-state index in [4.69, 9.17) is 0 Å². The van der Waals surface area contributed by atoms with Gasteiger partial charge in [0.15, 0.2) is 0 Å². The lowest BCUT2D eigenvalue weighted by atomic mass is 10.1. The number of H-pyrrole nitrogens is 1. The van der Waals surface area contributed by atoms with Gasteiger partial charge in [-0.15, -0.1) is 0 Å². The van der Waals surface area contributed by atoms with E-state index >= 15 is 0 Å². The number of aromatic nitrogens is 3. The molecule has 0 bridgehead atoms. The van der Waals surface area contributed by atoms with Gasteiger partial charge in [-0.05, 0) is 24.6 Å². The fourth-order valence-electron chi connectivity index (χ4n) is 1.58. The molecule has 0 saturated carbocycles. The molecule has 0 aliphatic carbocycles. The zero-order valence-corrected chi connectivity index (χ0v) is 10.5. The van der Waals surface area contributed by atoms with Crippen molar-refractivity contribution in [2.45, 2.75) is 13.3 Å². The van der Waals surface area contributed by atoms with Crippen LogP contribution in [0.1, 0.15) is 23.7 Å². The highest BCUT2D eigenvalue weighted by Crippen LogP contribution is 2.14. The Kier molecular flexibility index (Phi) is 4.02. The van der Waals surface area contributed by atoms with E-state index in [1.54, 1.807) is 24.5 Å². The molecule has 0 saturated heterocycles. The van der Waals surface area contributed by atoms with E-state index in [1.165, 1.54) is 6.07 Å². The summed E-state index contributed by atoms with van der Waals surface area (Å²) in [5, 5.41) is 8.93. The summed E-state index contributed by atoms with van der Waals surface area (Å²) in [4.78, 5) is 27.4. The SMILES string of the molecule is CCCNC(=O)c1cc(-c2ccncc2)n[nH]c1=O. The highest BCUT2D eigenvalue weighted by molar-refractivity contribution is 5.94. The standard InChI is InChI=1S/C13H14N4O2/c1-2-5-15-12(18)10-8-11(16-17-13(10)19)9-3-6-14-7-4-9/h3-4,6-8H,2,5H2,1H3,(H,15,18)(H,17,19). The fourth-order valence-corrected chi connectivity index (χ4v) is 1.58. The maximum atomic E-state index is 11.8. The second kappa shape index (κ2) is 5.90. The van der Waals surface area contributed by atoms with Gasteiger partial charge in [-0.25, -0.2) is 5.10 Å². The van der Waals surface area contributed by atoms with Crippen LogP contribution in [-0.2, 0) is 0 Å². The monoisotopic (exact) mass is 258 g/mol. The number of rotatable bonds is 4. The van der Waals surface area contributed by atoms with Crippen molar-refractivity contribution in [3.63, 3.8) is 0 Å². The largest absolute Gasteiger partial charge is 0.352 e. The number of pyridine rings is 1. The minimum Gasteiger partial charge on any atom is -0.352 e. The average Bonchev–Trinajstić information content (AvgIpc) is 2.46. The van der Waals surface area contributed by atoms with Crippen LogP contribution < -0.4 is 10.9 Å². The third-order valence-electron chi connectivity index (χ3n) is 2.56. The van der Waals surface area contributed by atoms with Crippen molar-refractivity contribution < 1.29 is 4.79 Å². The first-order valence-corrected chi connectivity index (χ1v) is 6.00. The second-order valence-corrected chi connectivity index (χ2v) is 3.99. The third-order valence-corrected chi connectivity index (χ3v) is 2.56. The summed E-state index contributed by atoms with van der Waals surface area (Å²) in [5.41, 5.74) is 0.890. The summed E-state index contributed by atoms with van der Waals surface area (Å²) in [5.74, 6) is -0.388. The van der Waals surface area contributed by atoms with E-state index in [-0.39, 0.29) is 11.5 Å². The molecule has 1 amide bonds. The van der Waals surface area contributed by atoms with Crippen LogP contribution in [0.15, 0.2) is 35.4 Å². The molecule has 98 valence electrons. The molecular formula is C13H14N4O2. The third kappa shape index (κ3) is 3.04. The highest BCUT2D eigenvalue weighted by Gasteiger charge is 2.12. The molecule has 0 radical (unpaired) electrons. The Hall–Kier alpha value is -2.50. The molecule has 0 fully saturated rings. The molecule has 2 aromatic rings. The van der Waals surface area contributed by atoms with Crippen LogP contribution in [0.3, 0.4) is 0 Å². The lowest BCUT2D eigenvalue weighted by Crippen LogP contribution is -2.30. The van der Waals surface area contributed by atoms with Crippen molar-refractivity contribution in [1.82, 2.24) is 20.5 Å². The van der Waals surface area contributed by atoms with Gasteiger partial charge in [-0.2, -0.15) is 5.10 Å². The van der Waals surface area contributed by atoms with Crippen molar-refractivity contribution in [2.24, 2.45) is 0 Å². The lowest BCUT2D eigenvalue weighted by molar-refractivity contribution is 0.0952. The van der Waals surface area contributed by atoms with Crippen molar-refractivity contribution >= 4 is 5.91 Å². The molecule has 19 heavy (non-hydrogen) atoms. The fraction of sp³-hybridized carbons (Fsp3) is 0.231. The zero-order valence-electron chi connectivity index (χ0n) is 10.5. The number of hydrogen-bond donors (Lipinski definition) is 2. The number of nitrogens with one attached hydrogen (secondary N) is 2. The van der Waals surface area contributed by atoms with E-state index in [0.717, 1.165) is 12.0 Å². The topological polar surface area (TPSA) is 87.7 Å². The molecule has 0 aliphatic rings. The molecule has 0 spiro atoms. The summed E-state index contributed by atoms with van der Waals surface area (Å²) in [6.45, 7) is 2.48. The predicted octanol–water partition coefficient (Wildman–Crippen LogP) is 0.972. The molecule has 2 aromatic heterocycles. The molecule has 2 rings (SSSR count). The smallest absolute Gasteiger partial charge is 0.277 e. The van der Waals surface area contributed by atoms with Crippen LogP contribution in [0.4, 0.5) is 0 Å². The first kappa shape index (κ1) is 12.9. The Morgan fingerprint density at radius 1 is 1.37 bits per heavy atom. The Bertz CT molecular complexity index is 622. The highest BCUT2D eigenvalue weighted by atomic mass is 16.2. The number of nitrogens with zero attached hydrogens (tertiary/aromatic N) is 2. The van der Waals surface area contributed by atoms with Gasteiger partial charge in [0.25, 0.3) is 11.5 Å². The number of carbonyl (C=O) groups is 1. The molecule has 2 heterocycles. The molecule has 0 aliphatic heterocycles. The lowest BCUT2D eigenvalue weighted by Gasteiger charge is -2.04. The first-order valence-electron chi connectivity index (χ1n) is 6.00. The Labute approximate surface area is 109 Å². The summed E-state index contributed by atoms with van der Waals surface area (Å²) >= 11 is 0. The maximum absolute atomic E-state index is 11.8. The molecule has 0 aromatic carbocycles. The molecule has 2 N–H and O–H groups in total. The molecule has 6 nitrogen and oxygen atoms in total. The Morgan fingerprint density at radius 3 is 2.79 bits per heavy atom. The summed E-state index contributed by atoms with van der Waals surface area (Å²) in [6, 6.07) is 5.00. The number of amides is 1. The normalized spacial score (nSPS) is 10.2. The van der Waals surface area contributed by atoms with E-state index in [1.807, 2.05) is 6.92 Å². The van der Waals surface area contributed by atoms with Crippen molar-refractivity contribution in [3.05, 3.63) is 46.5 Å². The van der Waals surface area contributed by atoms with Crippen molar-refractivity contribution in [3.8, 4) is 11.3 Å². The van der Waals surface area contributed by atoms with Gasteiger partial charge >= 0.3 is 0 Å². The molecule has 0 unspecified atom stereocenters. The van der Waals surface area contributed by atoms with E-state index in [2.05, 4.69) is 20.5 Å². The first-order chi connectivity index (χ1) is 9.22. The van der Waals surface area contributed by atoms with E-state index < -0.39 is 5.56 Å². The Balaban J connectivity index is 2.35. The summed E-state index contributed by atoms with van der Waals surface area (Å²) in [7, 11) is 0. The predicted molar refractivity (Wildman–Crippen MR) is 70.7 cm³/mol. The minimum atomic E-state index is -0.494. The molecule has 6 heteroatoms. The quantitative estimate of drug-likeness (QED) is 0.855. The number of hydrogen-bond acceptors (Lipinski definition) is 4. The molecular weight excluding hydrogens is 244 g/mol. The Morgan fingerprint density at radius 2 is 2.11 bits per heavy atom. The summed E-state index contributed by atoms with van der Waals surface area (Å²) < 4.78 is 0. The van der Waals surface area contributed by atoms with Crippen LogP contribution in [0, 0.1) is 0 Å². The zero-order chi connectivity index (χ0) is 13.7. The minimum absolute atomic E-state index is 0.0651. The van der Waals surface area contributed by atoms with Gasteiger partial charge in [0.05, 0.1) is 5.69 Å². The summed E-state index contributed by atoms with van der Waals surface area (Å²) in [6.07, 6.45) is 4.06. The van der Waals surface area contributed by atoms with E-state index in [0.29, 0.717) is 12.2 Å². The van der Waals surface area contributed by atoms with Crippen LogP contribution in [0.25, 0.3) is 11.3 Å². The van der Waals surface area contributed by atoms with Gasteiger partial charge < -0.3 is 5.32 Å². The number of carbonyl (C=O) groups excluding carboxylic acids is 1. The average molecular weight is 258 g/mol. The van der Waals surface area contributed by atoms with Gasteiger partial charge in [0, 0.05) is 24.5 Å². The molecule has 0 atom stereocenters. The van der Waals surface area contributed by atoms with Crippen LogP contribution in [0.2, 0.25) is 0 Å². The van der Waals surface area contributed by atoms with Crippen molar-refractivity contribution in [2.75, 3.05) is 6.54 Å². The maximum Gasteiger partial charge on any atom is 0.277 e. The second-order valence-electron chi connectivity index (χ2n) is 3.99. The van der Waals surface area contributed by atoms with Crippen LogP contribution in [-0.4, -0.2) is 27.6 Å². The van der Waals surface area contributed by atoms with Crippen molar-refractivity contribution in [1.29, 1.82) is 0 Å². The van der Waals surface area contributed by atoms with Gasteiger partial charge in [-0.1, -0.05) is 6.92 Å².